The highest BCUT2D eigenvalue weighted by atomic mass is 32.1. The van der Waals surface area contributed by atoms with Gasteiger partial charge in [-0.25, -0.2) is 0 Å². The molecule has 138 valence electrons. The number of aromatic nitrogens is 4. The van der Waals surface area contributed by atoms with Crippen molar-refractivity contribution in [3.63, 3.8) is 0 Å². The van der Waals surface area contributed by atoms with Crippen molar-refractivity contribution in [2.24, 2.45) is 0 Å². The fraction of sp³-hybridized carbons (Fsp3) is 0.167. The van der Waals surface area contributed by atoms with Crippen LogP contribution in [0.1, 0.15) is 11.4 Å². The highest BCUT2D eigenvalue weighted by Crippen LogP contribution is 2.28. The van der Waals surface area contributed by atoms with Gasteiger partial charge < -0.3 is 19.9 Å². The molecule has 0 fully saturated rings. The molecule has 0 spiro atoms. The first-order valence-corrected chi connectivity index (χ1v) is 8.96. The third-order valence-electron chi connectivity index (χ3n) is 3.98. The SMILES string of the molecule is COc1cccc(Nc2nn3c(Cc4ccc(O)c(OC)c4)nnc3s2)c1. The first-order valence-electron chi connectivity index (χ1n) is 8.14. The number of methoxy groups -OCH3 is 2. The van der Waals surface area contributed by atoms with E-state index in [1.165, 1.54) is 18.4 Å². The second-order valence-electron chi connectivity index (χ2n) is 5.76. The summed E-state index contributed by atoms with van der Waals surface area (Å²) in [5.74, 6) is 2.00. The van der Waals surface area contributed by atoms with E-state index in [4.69, 9.17) is 9.47 Å². The third kappa shape index (κ3) is 3.49. The molecule has 27 heavy (non-hydrogen) atoms. The Hall–Kier alpha value is -3.33. The summed E-state index contributed by atoms with van der Waals surface area (Å²) in [5.41, 5.74) is 1.82. The summed E-state index contributed by atoms with van der Waals surface area (Å²) in [6.07, 6.45) is 0.514. The normalized spacial score (nSPS) is 10.9. The number of hydrogen-bond donors (Lipinski definition) is 2. The Balaban J connectivity index is 1.58. The number of phenolic OH excluding ortho intramolecular Hbond substituents is 1. The molecule has 8 nitrogen and oxygen atoms in total. The number of hydrogen-bond acceptors (Lipinski definition) is 8. The molecule has 4 rings (SSSR count). The Morgan fingerprint density at radius 2 is 2.00 bits per heavy atom. The Morgan fingerprint density at radius 1 is 1.11 bits per heavy atom. The van der Waals surface area contributed by atoms with E-state index in [-0.39, 0.29) is 5.75 Å². The molecule has 0 radical (unpaired) electrons. The van der Waals surface area contributed by atoms with E-state index in [9.17, 15) is 5.11 Å². The average Bonchev–Trinajstić information content (AvgIpc) is 3.24. The molecule has 0 saturated heterocycles. The standard InChI is InChI=1S/C18H17N5O3S/c1-25-13-5-3-4-12(10-13)19-17-22-23-16(20-21-18(23)27-17)9-11-6-7-14(24)15(8-11)26-2/h3-8,10,24H,9H2,1-2H3,(H,19,22). The van der Waals surface area contributed by atoms with Gasteiger partial charge in [0, 0.05) is 18.2 Å². The maximum absolute atomic E-state index is 9.73. The lowest BCUT2D eigenvalue weighted by atomic mass is 10.1. The van der Waals surface area contributed by atoms with Crippen molar-refractivity contribution in [2.75, 3.05) is 19.5 Å². The molecular formula is C18H17N5O3S. The van der Waals surface area contributed by atoms with Gasteiger partial charge in [0.1, 0.15) is 5.75 Å². The predicted octanol–water partition coefficient (Wildman–Crippen LogP) is 3.24. The number of phenols is 1. The van der Waals surface area contributed by atoms with Gasteiger partial charge in [0.2, 0.25) is 10.1 Å². The number of aromatic hydroxyl groups is 1. The Kier molecular flexibility index (Phi) is 4.51. The van der Waals surface area contributed by atoms with Crippen molar-refractivity contribution < 1.29 is 14.6 Å². The van der Waals surface area contributed by atoms with Crippen LogP contribution in [-0.2, 0) is 6.42 Å². The molecular weight excluding hydrogens is 366 g/mol. The van der Waals surface area contributed by atoms with Crippen molar-refractivity contribution in [1.29, 1.82) is 0 Å². The first-order chi connectivity index (χ1) is 13.2. The minimum atomic E-state index is 0.103. The zero-order chi connectivity index (χ0) is 18.8. The first kappa shape index (κ1) is 17.1. The van der Waals surface area contributed by atoms with Gasteiger partial charge in [-0.1, -0.05) is 23.5 Å². The van der Waals surface area contributed by atoms with Crippen LogP contribution in [0.3, 0.4) is 0 Å². The Morgan fingerprint density at radius 3 is 2.81 bits per heavy atom. The van der Waals surface area contributed by atoms with Gasteiger partial charge >= 0.3 is 0 Å². The smallest absolute Gasteiger partial charge is 0.236 e. The zero-order valence-corrected chi connectivity index (χ0v) is 15.5. The van der Waals surface area contributed by atoms with Crippen LogP contribution in [-0.4, -0.2) is 39.1 Å². The molecule has 0 aliphatic carbocycles. The summed E-state index contributed by atoms with van der Waals surface area (Å²) in [5, 5.41) is 26.7. The fourth-order valence-corrected chi connectivity index (χ4v) is 3.44. The van der Waals surface area contributed by atoms with Gasteiger partial charge in [-0.05, 0) is 29.8 Å². The summed E-state index contributed by atoms with van der Waals surface area (Å²) in [4.78, 5) is 0.695. The van der Waals surface area contributed by atoms with E-state index in [0.717, 1.165) is 17.0 Å². The highest BCUT2D eigenvalue weighted by Gasteiger charge is 2.13. The van der Waals surface area contributed by atoms with Gasteiger partial charge in [0.15, 0.2) is 17.3 Å². The number of nitrogens with zero attached hydrogens (tertiary/aromatic N) is 4. The molecule has 0 saturated carbocycles. The van der Waals surface area contributed by atoms with Crippen LogP contribution in [0.5, 0.6) is 17.2 Å². The van der Waals surface area contributed by atoms with Crippen LogP contribution in [0.2, 0.25) is 0 Å². The van der Waals surface area contributed by atoms with Gasteiger partial charge in [-0.15, -0.1) is 15.3 Å². The monoisotopic (exact) mass is 383 g/mol. The maximum atomic E-state index is 9.73. The summed E-state index contributed by atoms with van der Waals surface area (Å²) < 4.78 is 12.1. The maximum Gasteiger partial charge on any atom is 0.236 e. The molecule has 4 aromatic rings. The molecule has 0 amide bonds. The van der Waals surface area contributed by atoms with Crippen molar-refractivity contribution in [1.82, 2.24) is 19.8 Å². The van der Waals surface area contributed by atoms with E-state index in [1.54, 1.807) is 23.8 Å². The van der Waals surface area contributed by atoms with Gasteiger partial charge in [-0.2, -0.15) is 4.52 Å². The van der Waals surface area contributed by atoms with Gasteiger partial charge in [-0.3, -0.25) is 0 Å². The van der Waals surface area contributed by atoms with E-state index in [2.05, 4.69) is 20.6 Å². The molecule has 2 aromatic heterocycles. The number of anilines is 2. The zero-order valence-electron chi connectivity index (χ0n) is 14.7. The number of rotatable bonds is 6. The second kappa shape index (κ2) is 7.12. The van der Waals surface area contributed by atoms with Crippen molar-refractivity contribution in [2.45, 2.75) is 6.42 Å². The predicted molar refractivity (Wildman–Crippen MR) is 102 cm³/mol. The summed E-state index contributed by atoms with van der Waals surface area (Å²) >= 11 is 1.41. The number of ether oxygens (including phenoxy) is 2. The lowest BCUT2D eigenvalue weighted by Gasteiger charge is -2.05. The molecule has 0 atom stereocenters. The van der Waals surface area contributed by atoms with Crippen LogP contribution in [0.4, 0.5) is 10.8 Å². The number of fused-ring (bicyclic) bond motifs is 1. The minimum Gasteiger partial charge on any atom is -0.504 e. The van der Waals surface area contributed by atoms with Crippen LogP contribution in [0.15, 0.2) is 42.5 Å². The van der Waals surface area contributed by atoms with Gasteiger partial charge in [0.25, 0.3) is 0 Å². The molecule has 2 N–H and O–H groups in total. The second-order valence-corrected chi connectivity index (χ2v) is 6.71. The van der Waals surface area contributed by atoms with E-state index < -0.39 is 0 Å². The van der Waals surface area contributed by atoms with E-state index in [0.29, 0.717) is 28.1 Å². The van der Waals surface area contributed by atoms with Crippen LogP contribution < -0.4 is 14.8 Å². The third-order valence-corrected chi connectivity index (χ3v) is 4.80. The number of benzene rings is 2. The molecule has 0 unspecified atom stereocenters. The molecule has 0 aliphatic rings. The van der Waals surface area contributed by atoms with Crippen molar-refractivity contribution in [3.8, 4) is 17.2 Å². The Bertz CT molecular complexity index is 1090. The highest BCUT2D eigenvalue weighted by molar-refractivity contribution is 7.20. The quantitative estimate of drug-likeness (QED) is 0.528. The van der Waals surface area contributed by atoms with E-state index >= 15 is 0 Å². The topological polar surface area (TPSA) is 93.8 Å². The Labute approximate surface area is 159 Å². The lowest BCUT2D eigenvalue weighted by molar-refractivity contribution is 0.373. The largest absolute Gasteiger partial charge is 0.504 e. The van der Waals surface area contributed by atoms with Gasteiger partial charge in [0.05, 0.1) is 14.2 Å². The number of nitrogens with one attached hydrogen (secondary N) is 1. The van der Waals surface area contributed by atoms with Crippen LogP contribution >= 0.6 is 11.3 Å². The summed E-state index contributed by atoms with van der Waals surface area (Å²) in [7, 11) is 3.15. The minimum absolute atomic E-state index is 0.103. The molecule has 0 aliphatic heterocycles. The molecule has 2 heterocycles. The molecule has 0 bridgehead atoms. The van der Waals surface area contributed by atoms with Crippen LogP contribution in [0, 0.1) is 0 Å². The molecule has 2 aromatic carbocycles. The molecule has 9 heteroatoms. The van der Waals surface area contributed by atoms with Crippen molar-refractivity contribution in [3.05, 3.63) is 53.9 Å². The average molecular weight is 383 g/mol. The van der Waals surface area contributed by atoms with Crippen molar-refractivity contribution >= 4 is 27.1 Å². The summed E-state index contributed by atoms with van der Waals surface area (Å²) in [6.45, 7) is 0. The van der Waals surface area contributed by atoms with Crippen LogP contribution in [0.25, 0.3) is 4.96 Å². The van der Waals surface area contributed by atoms with E-state index in [1.807, 2.05) is 30.3 Å². The fourth-order valence-electron chi connectivity index (χ4n) is 2.66. The summed E-state index contributed by atoms with van der Waals surface area (Å²) in [6, 6.07) is 12.8. The lowest BCUT2D eigenvalue weighted by Crippen LogP contribution is -1.99.